The van der Waals surface area contributed by atoms with Crippen LogP contribution in [-0.2, 0) is 16.0 Å². The number of nitriles is 1. The molecule has 4 nitrogen and oxygen atoms in total. The molecule has 0 N–H and O–H groups in total. The number of hydrogen-bond donors (Lipinski definition) is 0. The molecule has 0 atom stereocenters. The Morgan fingerprint density at radius 1 is 1.71 bits per heavy atom. The van der Waals surface area contributed by atoms with Gasteiger partial charge in [-0.15, -0.1) is 0 Å². The number of halogens is 3. The van der Waals surface area contributed by atoms with Gasteiger partial charge in [-0.3, -0.25) is 4.79 Å². The third-order valence-electron chi connectivity index (χ3n) is 1.96. The SMILES string of the molecule is COC(=O)Cc1nc(C#N)c(C(F)F)cc1Br. The van der Waals surface area contributed by atoms with Gasteiger partial charge in [-0.05, 0) is 22.0 Å². The van der Waals surface area contributed by atoms with Crippen LogP contribution in [0.5, 0.6) is 0 Å². The monoisotopic (exact) mass is 304 g/mol. The van der Waals surface area contributed by atoms with E-state index in [1.807, 2.05) is 0 Å². The summed E-state index contributed by atoms with van der Waals surface area (Å²) >= 11 is 3.02. The minimum Gasteiger partial charge on any atom is -0.469 e. The zero-order chi connectivity index (χ0) is 13.0. The smallest absolute Gasteiger partial charge is 0.311 e. The van der Waals surface area contributed by atoms with Crippen molar-refractivity contribution in [1.29, 1.82) is 5.26 Å². The highest BCUT2D eigenvalue weighted by Gasteiger charge is 2.18. The Bertz CT molecular complexity index is 486. The van der Waals surface area contributed by atoms with Crippen LogP contribution >= 0.6 is 15.9 Å². The number of alkyl halides is 2. The summed E-state index contributed by atoms with van der Waals surface area (Å²) < 4.78 is 29.8. The maximum atomic E-state index is 12.6. The largest absolute Gasteiger partial charge is 0.469 e. The molecule has 17 heavy (non-hydrogen) atoms. The first-order valence-electron chi connectivity index (χ1n) is 4.44. The topological polar surface area (TPSA) is 63.0 Å². The molecule has 0 bridgehead atoms. The molecule has 0 unspecified atom stereocenters. The van der Waals surface area contributed by atoms with E-state index in [1.165, 1.54) is 7.11 Å². The number of methoxy groups -OCH3 is 1. The number of rotatable bonds is 3. The van der Waals surface area contributed by atoms with Gasteiger partial charge < -0.3 is 4.74 Å². The van der Waals surface area contributed by atoms with Crippen LogP contribution in [0.25, 0.3) is 0 Å². The Hall–Kier alpha value is -1.55. The van der Waals surface area contributed by atoms with Gasteiger partial charge in [0.1, 0.15) is 11.8 Å². The Morgan fingerprint density at radius 3 is 2.82 bits per heavy atom. The van der Waals surface area contributed by atoms with Crippen molar-refractivity contribution >= 4 is 21.9 Å². The molecule has 0 aliphatic rings. The minimum absolute atomic E-state index is 0.185. The Labute approximate surface area is 104 Å². The lowest BCUT2D eigenvalue weighted by atomic mass is 10.1. The summed E-state index contributed by atoms with van der Waals surface area (Å²) in [7, 11) is 1.20. The van der Waals surface area contributed by atoms with Crippen molar-refractivity contribution in [1.82, 2.24) is 4.98 Å². The molecule has 1 aromatic heterocycles. The molecule has 0 fully saturated rings. The molecule has 1 heterocycles. The number of carbonyl (C=O) groups is 1. The fraction of sp³-hybridized carbons (Fsp3) is 0.300. The fourth-order valence-corrected chi connectivity index (χ4v) is 1.61. The first-order chi connectivity index (χ1) is 7.99. The summed E-state index contributed by atoms with van der Waals surface area (Å²) in [5, 5.41) is 8.70. The number of aromatic nitrogens is 1. The highest BCUT2D eigenvalue weighted by Crippen LogP contribution is 2.27. The summed E-state index contributed by atoms with van der Waals surface area (Å²) in [6, 6.07) is 2.66. The van der Waals surface area contributed by atoms with Crippen molar-refractivity contribution in [3.63, 3.8) is 0 Å². The fourth-order valence-electron chi connectivity index (χ4n) is 1.13. The van der Waals surface area contributed by atoms with Crippen LogP contribution in [0, 0.1) is 11.3 Å². The lowest BCUT2D eigenvalue weighted by Crippen LogP contribution is -2.09. The second-order valence-corrected chi connectivity index (χ2v) is 3.87. The molecule has 90 valence electrons. The van der Waals surface area contributed by atoms with E-state index in [0.29, 0.717) is 0 Å². The van der Waals surface area contributed by atoms with E-state index in [9.17, 15) is 13.6 Å². The van der Waals surface area contributed by atoms with Gasteiger partial charge in [0.2, 0.25) is 0 Å². The van der Waals surface area contributed by atoms with Crippen molar-refractivity contribution < 1.29 is 18.3 Å². The van der Waals surface area contributed by atoms with Crippen LogP contribution in [0.3, 0.4) is 0 Å². The lowest BCUT2D eigenvalue weighted by molar-refractivity contribution is -0.139. The summed E-state index contributed by atoms with van der Waals surface area (Å²) in [5.41, 5.74) is -0.659. The number of esters is 1. The number of hydrogen-bond acceptors (Lipinski definition) is 4. The highest BCUT2D eigenvalue weighted by atomic mass is 79.9. The maximum absolute atomic E-state index is 12.6. The standard InChI is InChI=1S/C10H7BrF2N2O2/c1-17-9(16)3-7-6(11)2-5(10(12)13)8(4-14)15-7/h2,10H,3H2,1H3. The highest BCUT2D eigenvalue weighted by molar-refractivity contribution is 9.10. The van der Waals surface area contributed by atoms with Crippen LogP contribution in [0.1, 0.15) is 23.4 Å². The zero-order valence-corrected chi connectivity index (χ0v) is 10.3. The first kappa shape index (κ1) is 13.5. The number of carbonyl (C=O) groups excluding carboxylic acids is 1. The molecular formula is C10H7BrF2N2O2. The van der Waals surface area contributed by atoms with E-state index in [2.05, 4.69) is 25.7 Å². The second-order valence-electron chi connectivity index (χ2n) is 3.02. The second kappa shape index (κ2) is 5.68. The molecule has 1 aromatic rings. The van der Waals surface area contributed by atoms with Crippen molar-refractivity contribution in [3.8, 4) is 6.07 Å². The van der Waals surface area contributed by atoms with Gasteiger partial charge in [-0.25, -0.2) is 13.8 Å². The summed E-state index contributed by atoms with van der Waals surface area (Å²) in [4.78, 5) is 14.7. The van der Waals surface area contributed by atoms with E-state index in [0.717, 1.165) is 6.07 Å². The van der Waals surface area contributed by atoms with Crippen molar-refractivity contribution in [3.05, 3.63) is 27.5 Å². The van der Waals surface area contributed by atoms with E-state index in [-0.39, 0.29) is 22.3 Å². The first-order valence-corrected chi connectivity index (χ1v) is 5.23. The van der Waals surface area contributed by atoms with Gasteiger partial charge in [-0.2, -0.15) is 5.26 Å². The zero-order valence-electron chi connectivity index (χ0n) is 8.71. The van der Waals surface area contributed by atoms with Gasteiger partial charge in [0.25, 0.3) is 6.43 Å². The van der Waals surface area contributed by atoms with Crippen molar-refractivity contribution in [2.24, 2.45) is 0 Å². The average Bonchev–Trinajstić information content (AvgIpc) is 2.30. The van der Waals surface area contributed by atoms with Crippen molar-refractivity contribution in [2.45, 2.75) is 12.8 Å². The molecule has 0 radical (unpaired) electrons. The molecule has 1 rings (SSSR count). The van der Waals surface area contributed by atoms with E-state index < -0.39 is 18.0 Å². The van der Waals surface area contributed by atoms with Gasteiger partial charge in [-0.1, -0.05) is 0 Å². The van der Waals surface area contributed by atoms with Crippen LogP contribution < -0.4 is 0 Å². The van der Waals surface area contributed by atoms with Gasteiger partial charge in [0, 0.05) is 4.47 Å². The molecule has 0 saturated heterocycles. The molecule has 0 amide bonds. The molecule has 0 aliphatic heterocycles. The molecular weight excluding hydrogens is 298 g/mol. The molecule has 0 aromatic carbocycles. The van der Waals surface area contributed by atoms with Gasteiger partial charge in [0.05, 0.1) is 24.8 Å². The third-order valence-corrected chi connectivity index (χ3v) is 2.65. The minimum atomic E-state index is -2.79. The number of nitrogens with zero attached hydrogens (tertiary/aromatic N) is 2. The third kappa shape index (κ3) is 3.20. The van der Waals surface area contributed by atoms with Crippen molar-refractivity contribution in [2.75, 3.05) is 7.11 Å². The van der Waals surface area contributed by atoms with Crippen LogP contribution in [0.2, 0.25) is 0 Å². The lowest BCUT2D eigenvalue weighted by Gasteiger charge is -2.07. The predicted molar refractivity (Wildman–Crippen MR) is 57.3 cm³/mol. The number of pyridine rings is 1. The molecule has 0 spiro atoms. The van der Waals surface area contributed by atoms with E-state index >= 15 is 0 Å². The molecule has 7 heteroatoms. The summed E-state index contributed by atoms with van der Waals surface area (Å²) in [5.74, 6) is -0.563. The maximum Gasteiger partial charge on any atom is 0.311 e. The van der Waals surface area contributed by atoms with Crippen LogP contribution in [0.15, 0.2) is 10.5 Å². The molecule has 0 aliphatic carbocycles. The van der Waals surface area contributed by atoms with E-state index in [4.69, 9.17) is 5.26 Å². The van der Waals surface area contributed by atoms with Gasteiger partial charge in [0.15, 0.2) is 0 Å². The van der Waals surface area contributed by atoms with Crippen LogP contribution in [0.4, 0.5) is 8.78 Å². The summed E-state index contributed by atoms with van der Waals surface area (Å²) in [6.45, 7) is 0. The normalized spacial score (nSPS) is 10.1. The van der Waals surface area contributed by atoms with Gasteiger partial charge >= 0.3 is 5.97 Å². The average molecular weight is 305 g/mol. The molecule has 0 saturated carbocycles. The number of ether oxygens (including phenoxy) is 1. The Balaban J connectivity index is 3.19. The Kier molecular flexibility index (Phi) is 4.52. The predicted octanol–water partition coefficient (Wildman–Crippen LogP) is 2.37. The quantitative estimate of drug-likeness (QED) is 0.804. The van der Waals surface area contributed by atoms with E-state index in [1.54, 1.807) is 6.07 Å². The van der Waals surface area contributed by atoms with Crippen LogP contribution in [-0.4, -0.2) is 18.1 Å². The Morgan fingerprint density at radius 2 is 2.35 bits per heavy atom. The summed E-state index contributed by atoms with van der Waals surface area (Å²) in [6.07, 6.45) is -2.98.